The molecule has 0 saturated heterocycles. The second-order valence-corrected chi connectivity index (χ2v) is 8.34. The molecular formula is C20H25BrN6O2S. The minimum Gasteiger partial charge on any atom is -0.380 e. The van der Waals surface area contributed by atoms with Crippen molar-refractivity contribution in [2.45, 2.75) is 25.5 Å². The number of benzene rings is 1. The molecule has 0 saturated carbocycles. The fourth-order valence-corrected chi connectivity index (χ4v) is 3.86. The summed E-state index contributed by atoms with van der Waals surface area (Å²) >= 11 is 4.99. The predicted molar refractivity (Wildman–Crippen MR) is 123 cm³/mol. The Morgan fingerprint density at radius 1 is 1.23 bits per heavy atom. The van der Waals surface area contributed by atoms with Crippen molar-refractivity contribution in [3.63, 3.8) is 0 Å². The van der Waals surface area contributed by atoms with Crippen molar-refractivity contribution in [2.75, 3.05) is 37.4 Å². The van der Waals surface area contributed by atoms with E-state index in [4.69, 9.17) is 4.74 Å². The highest BCUT2D eigenvalue weighted by atomic mass is 79.9. The fourth-order valence-electron chi connectivity index (χ4n) is 2.83. The van der Waals surface area contributed by atoms with Gasteiger partial charge in [-0.05, 0) is 40.7 Å². The highest BCUT2D eigenvalue weighted by molar-refractivity contribution is 9.10. The second kappa shape index (κ2) is 11.3. The molecule has 0 spiro atoms. The van der Waals surface area contributed by atoms with Crippen LogP contribution < -0.4 is 10.6 Å². The van der Waals surface area contributed by atoms with Crippen LogP contribution in [-0.4, -0.2) is 57.7 Å². The van der Waals surface area contributed by atoms with E-state index in [-0.39, 0.29) is 5.91 Å². The number of halogens is 1. The predicted octanol–water partition coefficient (Wildman–Crippen LogP) is 3.58. The SMILES string of the molecule is CCOCCNc1nc(SCC)nc2c1cnn2CCNC(=O)c1ccccc1Br. The second-order valence-electron chi connectivity index (χ2n) is 6.25. The van der Waals surface area contributed by atoms with Gasteiger partial charge in [-0.3, -0.25) is 4.79 Å². The number of carbonyl (C=O) groups excluding carboxylic acids is 1. The maximum absolute atomic E-state index is 12.4. The molecule has 3 rings (SSSR count). The number of thioether (sulfide) groups is 1. The number of carbonyl (C=O) groups is 1. The van der Waals surface area contributed by atoms with Gasteiger partial charge in [-0.1, -0.05) is 30.8 Å². The summed E-state index contributed by atoms with van der Waals surface area (Å²) in [5, 5.41) is 12.3. The molecule has 2 aromatic heterocycles. The largest absolute Gasteiger partial charge is 0.380 e. The number of hydrogen-bond donors (Lipinski definition) is 2. The van der Waals surface area contributed by atoms with Crippen LogP contribution in [0.1, 0.15) is 24.2 Å². The molecule has 30 heavy (non-hydrogen) atoms. The zero-order valence-electron chi connectivity index (χ0n) is 17.0. The monoisotopic (exact) mass is 492 g/mol. The third-order valence-corrected chi connectivity index (χ3v) is 5.64. The van der Waals surface area contributed by atoms with Gasteiger partial charge in [0.2, 0.25) is 0 Å². The first-order valence-corrected chi connectivity index (χ1v) is 11.6. The van der Waals surface area contributed by atoms with Crippen LogP contribution in [0.5, 0.6) is 0 Å². The Labute approximate surface area is 188 Å². The van der Waals surface area contributed by atoms with Gasteiger partial charge in [-0.2, -0.15) is 5.10 Å². The lowest BCUT2D eigenvalue weighted by Crippen LogP contribution is -2.27. The van der Waals surface area contributed by atoms with Crippen LogP contribution in [0.2, 0.25) is 0 Å². The van der Waals surface area contributed by atoms with E-state index in [1.165, 1.54) is 0 Å². The molecule has 3 aromatic rings. The normalized spacial score (nSPS) is 11.0. The third-order valence-electron chi connectivity index (χ3n) is 4.22. The van der Waals surface area contributed by atoms with Gasteiger partial charge in [0.05, 0.1) is 30.3 Å². The van der Waals surface area contributed by atoms with E-state index in [0.29, 0.717) is 43.6 Å². The van der Waals surface area contributed by atoms with Crippen molar-refractivity contribution in [1.82, 2.24) is 25.1 Å². The summed E-state index contributed by atoms with van der Waals surface area (Å²) < 4.78 is 7.96. The highest BCUT2D eigenvalue weighted by Gasteiger charge is 2.14. The molecule has 8 nitrogen and oxygen atoms in total. The Morgan fingerprint density at radius 2 is 2.07 bits per heavy atom. The molecule has 0 bridgehead atoms. The Balaban J connectivity index is 1.71. The van der Waals surface area contributed by atoms with Gasteiger partial charge in [0.1, 0.15) is 5.82 Å². The van der Waals surface area contributed by atoms with E-state index in [0.717, 1.165) is 27.1 Å². The molecule has 0 atom stereocenters. The van der Waals surface area contributed by atoms with Crippen molar-refractivity contribution in [3.8, 4) is 0 Å². The van der Waals surface area contributed by atoms with Crippen molar-refractivity contribution in [3.05, 3.63) is 40.5 Å². The average molecular weight is 493 g/mol. The van der Waals surface area contributed by atoms with Crippen LogP contribution in [0.4, 0.5) is 5.82 Å². The van der Waals surface area contributed by atoms with Crippen molar-refractivity contribution < 1.29 is 9.53 Å². The van der Waals surface area contributed by atoms with Gasteiger partial charge in [0.15, 0.2) is 10.8 Å². The maximum atomic E-state index is 12.4. The molecule has 1 amide bonds. The zero-order chi connectivity index (χ0) is 21.3. The van der Waals surface area contributed by atoms with Gasteiger partial charge >= 0.3 is 0 Å². The van der Waals surface area contributed by atoms with E-state index in [1.807, 2.05) is 25.1 Å². The Morgan fingerprint density at radius 3 is 2.83 bits per heavy atom. The van der Waals surface area contributed by atoms with Crippen LogP contribution in [0, 0.1) is 0 Å². The number of nitrogens with one attached hydrogen (secondary N) is 2. The fraction of sp³-hybridized carbons (Fsp3) is 0.400. The molecule has 160 valence electrons. The number of nitrogens with zero attached hydrogens (tertiary/aromatic N) is 4. The van der Waals surface area contributed by atoms with Crippen LogP contribution in [0.15, 0.2) is 40.1 Å². The van der Waals surface area contributed by atoms with E-state index >= 15 is 0 Å². The summed E-state index contributed by atoms with van der Waals surface area (Å²) in [7, 11) is 0. The number of fused-ring (bicyclic) bond motifs is 1. The minimum absolute atomic E-state index is 0.130. The van der Waals surface area contributed by atoms with Crippen molar-refractivity contribution >= 4 is 50.5 Å². The summed E-state index contributed by atoms with van der Waals surface area (Å²) in [5.74, 6) is 1.49. The van der Waals surface area contributed by atoms with Crippen molar-refractivity contribution in [2.24, 2.45) is 0 Å². The lowest BCUT2D eigenvalue weighted by Gasteiger charge is -2.10. The number of amides is 1. The van der Waals surface area contributed by atoms with Crippen LogP contribution in [0.25, 0.3) is 11.0 Å². The van der Waals surface area contributed by atoms with Crippen LogP contribution >= 0.6 is 27.7 Å². The molecule has 0 aliphatic carbocycles. The molecular weight excluding hydrogens is 468 g/mol. The van der Waals surface area contributed by atoms with E-state index < -0.39 is 0 Å². The number of anilines is 1. The lowest BCUT2D eigenvalue weighted by molar-refractivity contribution is 0.0951. The Hall–Kier alpha value is -2.17. The molecule has 0 radical (unpaired) electrons. The molecule has 2 heterocycles. The van der Waals surface area contributed by atoms with Gasteiger partial charge in [0.25, 0.3) is 5.91 Å². The third kappa shape index (κ3) is 5.71. The van der Waals surface area contributed by atoms with Gasteiger partial charge in [-0.15, -0.1) is 0 Å². The summed E-state index contributed by atoms with van der Waals surface area (Å²) in [6.07, 6.45) is 1.76. The molecule has 0 aliphatic heterocycles. The minimum atomic E-state index is -0.130. The van der Waals surface area contributed by atoms with Crippen LogP contribution in [-0.2, 0) is 11.3 Å². The molecule has 10 heteroatoms. The topological polar surface area (TPSA) is 94.0 Å². The molecule has 0 unspecified atom stereocenters. The Bertz CT molecular complexity index is 997. The quantitative estimate of drug-likeness (QED) is 0.240. The van der Waals surface area contributed by atoms with Gasteiger partial charge in [-0.25, -0.2) is 14.6 Å². The molecule has 0 fully saturated rings. The smallest absolute Gasteiger partial charge is 0.252 e. The molecule has 2 N–H and O–H groups in total. The van der Waals surface area contributed by atoms with E-state index in [2.05, 4.69) is 48.6 Å². The van der Waals surface area contributed by atoms with Crippen LogP contribution in [0.3, 0.4) is 0 Å². The first kappa shape index (κ1) is 22.5. The summed E-state index contributed by atoms with van der Waals surface area (Å²) in [5.41, 5.74) is 1.35. The molecule has 0 aliphatic rings. The van der Waals surface area contributed by atoms with Gasteiger partial charge in [0, 0.05) is 24.2 Å². The first-order chi connectivity index (χ1) is 14.6. The van der Waals surface area contributed by atoms with E-state index in [9.17, 15) is 4.79 Å². The average Bonchev–Trinajstić information content (AvgIpc) is 3.15. The Kier molecular flexibility index (Phi) is 8.47. The van der Waals surface area contributed by atoms with Gasteiger partial charge < -0.3 is 15.4 Å². The number of ether oxygens (including phenoxy) is 1. The van der Waals surface area contributed by atoms with E-state index in [1.54, 1.807) is 28.7 Å². The highest BCUT2D eigenvalue weighted by Crippen LogP contribution is 2.24. The number of hydrogen-bond acceptors (Lipinski definition) is 7. The first-order valence-electron chi connectivity index (χ1n) is 9.84. The van der Waals surface area contributed by atoms with Crippen molar-refractivity contribution in [1.29, 1.82) is 0 Å². The number of rotatable bonds is 11. The maximum Gasteiger partial charge on any atom is 0.252 e. The number of aromatic nitrogens is 4. The lowest BCUT2D eigenvalue weighted by atomic mass is 10.2. The summed E-state index contributed by atoms with van der Waals surface area (Å²) in [6, 6.07) is 7.34. The summed E-state index contributed by atoms with van der Waals surface area (Å²) in [6.45, 7) is 6.92. The zero-order valence-corrected chi connectivity index (χ0v) is 19.4. The summed E-state index contributed by atoms with van der Waals surface area (Å²) in [4.78, 5) is 21.7. The molecule has 1 aromatic carbocycles. The standard InChI is InChI=1S/C20H25BrN6O2S/c1-3-29-12-10-22-17-15-13-24-27(18(15)26-20(25-17)30-4-2)11-9-23-19(28)14-7-5-6-8-16(14)21/h5-8,13H,3-4,9-12H2,1-2H3,(H,23,28)(H,22,25,26).